The molecule has 1 atom stereocenters. The maximum atomic E-state index is 12.5. The van der Waals surface area contributed by atoms with Gasteiger partial charge in [0.05, 0.1) is 30.4 Å². The van der Waals surface area contributed by atoms with Gasteiger partial charge < -0.3 is 15.0 Å². The topological polar surface area (TPSA) is 94.0 Å². The van der Waals surface area contributed by atoms with Gasteiger partial charge in [-0.3, -0.25) is 5.10 Å². The first-order valence-electron chi connectivity index (χ1n) is 8.44. The fraction of sp³-hybridized carbons (Fsp3) is 0.389. The van der Waals surface area contributed by atoms with E-state index in [0.29, 0.717) is 24.5 Å². The predicted molar refractivity (Wildman–Crippen MR) is 91.9 cm³/mol. The van der Waals surface area contributed by atoms with Crippen molar-refractivity contribution in [2.75, 3.05) is 19.7 Å². The number of ether oxygens (including phenoxy) is 1. The van der Waals surface area contributed by atoms with E-state index in [9.17, 15) is 4.79 Å². The van der Waals surface area contributed by atoms with Gasteiger partial charge in [-0.2, -0.15) is 10.4 Å². The Bertz CT molecular complexity index is 721. The summed E-state index contributed by atoms with van der Waals surface area (Å²) in [7, 11) is 0. The van der Waals surface area contributed by atoms with Crippen molar-refractivity contribution >= 4 is 6.03 Å². The van der Waals surface area contributed by atoms with E-state index in [2.05, 4.69) is 21.6 Å². The van der Waals surface area contributed by atoms with E-state index in [1.165, 1.54) is 0 Å². The molecule has 1 saturated heterocycles. The molecule has 0 aliphatic carbocycles. The van der Waals surface area contributed by atoms with Crippen LogP contribution in [0, 0.1) is 11.3 Å². The van der Waals surface area contributed by atoms with Gasteiger partial charge >= 0.3 is 6.03 Å². The molecular formula is C18H21N5O2. The molecule has 0 saturated carbocycles. The normalized spacial score (nSPS) is 16.9. The number of rotatable bonds is 5. The van der Waals surface area contributed by atoms with Crippen LogP contribution in [0.2, 0.25) is 0 Å². The molecule has 1 aliphatic rings. The SMILES string of the molecule is N#Cc1ccc(OCCNC(=O)N2CCCC[C@H]2c2cn[nH]c2)cc1. The van der Waals surface area contributed by atoms with Crippen molar-refractivity contribution in [3.05, 3.63) is 47.8 Å². The molecule has 2 heterocycles. The number of amides is 2. The molecule has 0 bridgehead atoms. The van der Waals surface area contributed by atoms with Crippen LogP contribution in [0.1, 0.15) is 36.4 Å². The molecule has 0 unspecified atom stereocenters. The molecule has 25 heavy (non-hydrogen) atoms. The van der Waals surface area contributed by atoms with E-state index >= 15 is 0 Å². The Kier molecular flexibility index (Phi) is 5.52. The summed E-state index contributed by atoms with van der Waals surface area (Å²) in [5.74, 6) is 0.683. The number of hydrogen-bond acceptors (Lipinski definition) is 4. The quantitative estimate of drug-likeness (QED) is 0.819. The van der Waals surface area contributed by atoms with Crippen molar-refractivity contribution in [3.8, 4) is 11.8 Å². The number of benzene rings is 1. The molecule has 130 valence electrons. The van der Waals surface area contributed by atoms with Gasteiger partial charge in [0, 0.05) is 18.3 Å². The summed E-state index contributed by atoms with van der Waals surface area (Å²) in [5, 5.41) is 18.5. The zero-order valence-electron chi connectivity index (χ0n) is 13.9. The van der Waals surface area contributed by atoms with Crippen molar-refractivity contribution in [3.63, 3.8) is 0 Å². The lowest BCUT2D eigenvalue weighted by Gasteiger charge is -2.35. The molecule has 1 aromatic heterocycles. The van der Waals surface area contributed by atoms with Crippen LogP contribution >= 0.6 is 0 Å². The highest BCUT2D eigenvalue weighted by Gasteiger charge is 2.28. The zero-order valence-corrected chi connectivity index (χ0v) is 13.9. The van der Waals surface area contributed by atoms with Crippen molar-refractivity contribution in [1.82, 2.24) is 20.4 Å². The van der Waals surface area contributed by atoms with Crippen molar-refractivity contribution in [2.45, 2.75) is 25.3 Å². The third-order valence-electron chi connectivity index (χ3n) is 4.30. The number of likely N-dealkylation sites (tertiary alicyclic amines) is 1. The third-order valence-corrected chi connectivity index (χ3v) is 4.30. The van der Waals surface area contributed by atoms with E-state index in [-0.39, 0.29) is 12.1 Å². The number of nitrogens with one attached hydrogen (secondary N) is 2. The van der Waals surface area contributed by atoms with Gasteiger partial charge in [-0.25, -0.2) is 4.79 Å². The first-order valence-corrected chi connectivity index (χ1v) is 8.44. The largest absolute Gasteiger partial charge is 0.492 e. The second kappa shape index (κ2) is 8.20. The summed E-state index contributed by atoms with van der Waals surface area (Å²) in [4.78, 5) is 14.4. The Morgan fingerprint density at radius 2 is 2.24 bits per heavy atom. The van der Waals surface area contributed by atoms with Gasteiger partial charge in [-0.1, -0.05) is 0 Å². The first kappa shape index (κ1) is 16.8. The van der Waals surface area contributed by atoms with Gasteiger partial charge in [0.2, 0.25) is 0 Å². The van der Waals surface area contributed by atoms with Crippen molar-refractivity contribution < 1.29 is 9.53 Å². The van der Waals surface area contributed by atoms with Crippen LogP contribution in [0.5, 0.6) is 5.75 Å². The number of carbonyl (C=O) groups excluding carboxylic acids is 1. The fourth-order valence-corrected chi connectivity index (χ4v) is 3.02. The number of aromatic nitrogens is 2. The minimum atomic E-state index is -0.0747. The monoisotopic (exact) mass is 339 g/mol. The summed E-state index contributed by atoms with van der Waals surface area (Å²) in [6, 6.07) is 8.98. The summed E-state index contributed by atoms with van der Waals surface area (Å²) in [5.41, 5.74) is 1.64. The molecule has 7 nitrogen and oxygen atoms in total. The second-order valence-corrected chi connectivity index (χ2v) is 5.95. The molecular weight excluding hydrogens is 318 g/mol. The molecule has 2 aromatic rings. The van der Waals surface area contributed by atoms with Crippen LogP contribution in [-0.4, -0.2) is 40.8 Å². The van der Waals surface area contributed by atoms with E-state index in [1.54, 1.807) is 30.5 Å². The lowest BCUT2D eigenvalue weighted by molar-refractivity contribution is 0.150. The number of nitriles is 1. The third kappa shape index (κ3) is 4.29. The zero-order chi connectivity index (χ0) is 17.5. The molecule has 2 N–H and O–H groups in total. The second-order valence-electron chi connectivity index (χ2n) is 5.95. The van der Waals surface area contributed by atoms with Gasteiger partial charge in [0.15, 0.2) is 0 Å². The van der Waals surface area contributed by atoms with E-state index in [1.807, 2.05) is 11.1 Å². The van der Waals surface area contributed by atoms with Crippen LogP contribution < -0.4 is 10.1 Å². The molecule has 0 radical (unpaired) electrons. The van der Waals surface area contributed by atoms with E-state index < -0.39 is 0 Å². The first-order chi connectivity index (χ1) is 12.3. The summed E-state index contributed by atoms with van der Waals surface area (Å²) >= 11 is 0. The Balaban J connectivity index is 1.47. The molecule has 0 spiro atoms. The highest BCUT2D eigenvalue weighted by atomic mass is 16.5. The van der Waals surface area contributed by atoms with Crippen molar-refractivity contribution in [2.24, 2.45) is 0 Å². The minimum Gasteiger partial charge on any atom is -0.492 e. The number of piperidine rings is 1. The van der Waals surface area contributed by atoms with Crippen LogP contribution in [-0.2, 0) is 0 Å². The number of H-pyrrole nitrogens is 1. The Morgan fingerprint density at radius 1 is 1.40 bits per heavy atom. The van der Waals surface area contributed by atoms with Crippen LogP contribution in [0.25, 0.3) is 0 Å². The number of hydrogen-bond donors (Lipinski definition) is 2. The molecule has 1 aliphatic heterocycles. The molecule has 3 rings (SSSR count). The van der Waals surface area contributed by atoms with E-state index in [4.69, 9.17) is 10.00 Å². The highest BCUT2D eigenvalue weighted by molar-refractivity contribution is 5.74. The Morgan fingerprint density at radius 3 is 2.96 bits per heavy atom. The molecule has 7 heteroatoms. The highest BCUT2D eigenvalue weighted by Crippen LogP contribution is 2.30. The minimum absolute atomic E-state index is 0.0747. The van der Waals surface area contributed by atoms with Crippen molar-refractivity contribution in [1.29, 1.82) is 5.26 Å². The lowest BCUT2D eigenvalue weighted by atomic mass is 9.98. The average molecular weight is 339 g/mol. The van der Waals surface area contributed by atoms with Crippen LogP contribution in [0.3, 0.4) is 0 Å². The maximum absolute atomic E-state index is 12.5. The van der Waals surface area contributed by atoms with Gasteiger partial charge in [-0.15, -0.1) is 0 Å². The van der Waals surface area contributed by atoms with Crippen LogP contribution in [0.15, 0.2) is 36.7 Å². The standard InChI is InChI=1S/C18H21N5O2/c19-11-14-4-6-16(7-5-14)25-10-8-20-18(24)23-9-2-1-3-17(23)15-12-21-22-13-15/h4-7,12-13,17H,1-3,8-10H2,(H,20,24)(H,21,22)/t17-/m0/s1. The number of nitrogens with zero attached hydrogens (tertiary/aromatic N) is 3. The average Bonchev–Trinajstić information content (AvgIpc) is 3.20. The number of urea groups is 1. The predicted octanol–water partition coefficient (Wildman–Crippen LogP) is 2.60. The maximum Gasteiger partial charge on any atom is 0.318 e. The van der Waals surface area contributed by atoms with Crippen LogP contribution in [0.4, 0.5) is 4.79 Å². The summed E-state index contributed by atoms with van der Waals surface area (Å²) in [6.45, 7) is 1.55. The Hall–Kier alpha value is -3.01. The molecule has 1 aromatic carbocycles. The fourth-order valence-electron chi connectivity index (χ4n) is 3.02. The Labute approximate surface area is 146 Å². The van der Waals surface area contributed by atoms with Gasteiger partial charge in [0.25, 0.3) is 0 Å². The summed E-state index contributed by atoms with van der Waals surface area (Å²) < 4.78 is 5.58. The lowest BCUT2D eigenvalue weighted by Crippen LogP contribution is -2.45. The van der Waals surface area contributed by atoms with Gasteiger partial charge in [-0.05, 0) is 43.5 Å². The smallest absolute Gasteiger partial charge is 0.318 e. The van der Waals surface area contributed by atoms with Gasteiger partial charge in [0.1, 0.15) is 12.4 Å². The number of aromatic amines is 1. The summed E-state index contributed by atoms with van der Waals surface area (Å²) in [6.07, 6.45) is 6.72. The molecule has 1 fully saturated rings. The van der Waals surface area contributed by atoms with E-state index in [0.717, 1.165) is 31.4 Å². The molecule has 2 amide bonds. The number of carbonyl (C=O) groups is 1.